The van der Waals surface area contributed by atoms with Crippen LogP contribution in [0.1, 0.15) is 0 Å². The van der Waals surface area contributed by atoms with Gasteiger partial charge in [0.2, 0.25) is 0 Å². The smallest absolute Gasteiger partial charge is 0.407 e. The normalized spacial score (nSPS) is 40.5. The quantitative estimate of drug-likeness (QED) is 0.553. The van der Waals surface area contributed by atoms with Gasteiger partial charge in [-0.2, -0.15) is 0 Å². The molecule has 2 rings (SSSR count). The third-order valence-electron chi connectivity index (χ3n) is 2.80. The van der Waals surface area contributed by atoms with Crippen molar-refractivity contribution in [2.45, 2.75) is 6.04 Å². The minimum atomic E-state index is -0.771. The number of rotatable bonds is 1. The zero-order valence-corrected chi connectivity index (χ0v) is 6.45. The lowest BCUT2D eigenvalue weighted by Gasteiger charge is -2.14. The Labute approximate surface area is 65.2 Å². The molecule has 0 radical (unpaired) electrons. The highest BCUT2D eigenvalue weighted by molar-refractivity contribution is 5.65. The van der Waals surface area contributed by atoms with E-state index >= 15 is 0 Å². The Bertz CT molecular complexity index is 183. The van der Waals surface area contributed by atoms with E-state index in [1.807, 2.05) is 7.05 Å². The summed E-state index contributed by atoms with van der Waals surface area (Å²) in [5.41, 5.74) is 0. The Balaban J connectivity index is 1.89. The number of hydrogen-bond acceptors (Lipinski definition) is 2. The number of likely N-dealkylation sites (tertiary alicyclic amines) is 1. The van der Waals surface area contributed by atoms with Gasteiger partial charge in [0.05, 0.1) is 0 Å². The van der Waals surface area contributed by atoms with E-state index < -0.39 is 6.09 Å². The van der Waals surface area contributed by atoms with E-state index in [4.69, 9.17) is 5.11 Å². The molecule has 0 bridgehead atoms. The third kappa shape index (κ3) is 0.894. The Morgan fingerprint density at radius 1 is 1.55 bits per heavy atom. The zero-order chi connectivity index (χ0) is 8.01. The van der Waals surface area contributed by atoms with Gasteiger partial charge in [0.25, 0.3) is 0 Å². The number of fused-ring (bicyclic) bond motifs is 1. The number of piperidine rings is 1. The number of carboxylic acid groups (broad SMARTS) is 1. The number of hydrogen-bond donors (Lipinski definition) is 2. The minimum Gasteiger partial charge on any atom is -0.465 e. The van der Waals surface area contributed by atoms with Gasteiger partial charge in [0.15, 0.2) is 0 Å². The largest absolute Gasteiger partial charge is 0.465 e. The molecule has 1 aliphatic carbocycles. The predicted octanol–water partition coefficient (Wildman–Crippen LogP) is -0.186. The van der Waals surface area contributed by atoms with Crippen molar-refractivity contribution in [3.05, 3.63) is 0 Å². The van der Waals surface area contributed by atoms with Crippen molar-refractivity contribution < 1.29 is 9.90 Å². The van der Waals surface area contributed by atoms with Crippen LogP contribution in [-0.2, 0) is 0 Å². The van der Waals surface area contributed by atoms with Crippen LogP contribution in [0.5, 0.6) is 0 Å². The lowest BCUT2D eigenvalue weighted by Crippen LogP contribution is -2.33. The fourth-order valence-electron chi connectivity index (χ4n) is 2.11. The Morgan fingerprint density at radius 2 is 2.09 bits per heavy atom. The molecule has 1 saturated carbocycles. The summed E-state index contributed by atoms with van der Waals surface area (Å²) in [5, 5.41) is 11.8. The first kappa shape index (κ1) is 6.91. The Hall–Kier alpha value is -0.770. The minimum absolute atomic E-state index is 0.589. The second kappa shape index (κ2) is 2.11. The van der Waals surface area contributed by atoms with E-state index in [1.165, 1.54) is 4.90 Å². The van der Waals surface area contributed by atoms with E-state index in [2.05, 4.69) is 5.32 Å². The van der Waals surface area contributed by atoms with Crippen LogP contribution in [0, 0.1) is 11.8 Å². The van der Waals surface area contributed by atoms with Gasteiger partial charge in [-0.05, 0) is 18.9 Å². The van der Waals surface area contributed by atoms with Crippen molar-refractivity contribution in [2.75, 3.05) is 20.1 Å². The molecule has 0 aromatic rings. The van der Waals surface area contributed by atoms with Crippen molar-refractivity contribution >= 4 is 6.09 Å². The molecule has 0 aromatic heterocycles. The molecule has 2 fully saturated rings. The van der Waals surface area contributed by atoms with E-state index in [-0.39, 0.29) is 0 Å². The number of carbonyl (C=O) groups is 1. The zero-order valence-electron chi connectivity index (χ0n) is 6.45. The molecule has 1 amide bonds. The lowest BCUT2D eigenvalue weighted by atomic mass is 10.4. The fourth-order valence-corrected chi connectivity index (χ4v) is 2.11. The average Bonchev–Trinajstić information content (AvgIpc) is 2.41. The average molecular weight is 156 g/mol. The molecule has 3 atom stereocenters. The van der Waals surface area contributed by atoms with Gasteiger partial charge in [-0.1, -0.05) is 0 Å². The highest BCUT2D eigenvalue weighted by Crippen LogP contribution is 2.44. The molecule has 0 spiro atoms. The number of nitrogens with zero attached hydrogens (tertiary/aromatic N) is 1. The topological polar surface area (TPSA) is 52.6 Å². The second-order valence-corrected chi connectivity index (χ2v) is 3.33. The van der Waals surface area contributed by atoms with Crippen molar-refractivity contribution in [3.63, 3.8) is 0 Å². The molecule has 1 unspecified atom stereocenters. The van der Waals surface area contributed by atoms with Crippen LogP contribution < -0.4 is 5.32 Å². The summed E-state index contributed by atoms with van der Waals surface area (Å²) in [4.78, 5) is 12.0. The Morgan fingerprint density at radius 3 is 2.45 bits per heavy atom. The molecule has 1 saturated heterocycles. The summed E-state index contributed by atoms with van der Waals surface area (Å²) in [7, 11) is 1.94. The molecule has 11 heavy (non-hydrogen) atoms. The van der Waals surface area contributed by atoms with Gasteiger partial charge < -0.3 is 15.3 Å². The van der Waals surface area contributed by atoms with Crippen LogP contribution in [-0.4, -0.2) is 42.3 Å². The second-order valence-electron chi connectivity index (χ2n) is 3.33. The van der Waals surface area contributed by atoms with E-state index in [1.54, 1.807) is 0 Å². The molecule has 4 nitrogen and oxygen atoms in total. The summed E-state index contributed by atoms with van der Waals surface area (Å²) in [6, 6.07) is 0.589. The first-order valence-corrected chi connectivity index (χ1v) is 3.89. The monoisotopic (exact) mass is 156 g/mol. The summed E-state index contributed by atoms with van der Waals surface area (Å²) in [5.74, 6) is 1.19. The van der Waals surface area contributed by atoms with Crippen LogP contribution in [0.25, 0.3) is 0 Å². The number of nitrogens with one attached hydrogen (secondary N) is 1. The van der Waals surface area contributed by atoms with Gasteiger partial charge in [0, 0.05) is 19.1 Å². The van der Waals surface area contributed by atoms with Gasteiger partial charge >= 0.3 is 6.09 Å². The summed E-state index contributed by atoms with van der Waals surface area (Å²) >= 11 is 0. The van der Waals surface area contributed by atoms with Crippen LogP contribution in [0.2, 0.25) is 0 Å². The molecule has 2 aliphatic rings. The van der Waals surface area contributed by atoms with Crippen LogP contribution in [0.3, 0.4) is 0 Å². The molecule has 1 heterocycles. The van der Waals surface area contributed by atoms with Gasteiger partial charge in [0.1, 0.15) is 0 Å². The van der Waals surface area contributed by atoms with Crippen molar-refractivity contribution in [2.24, 2.45) is 11.8 Å². The van der Waals surface area contributed by atoms with E-state index in [9.17, 15) is 4.79 Å². The summed E-state index contributed by atoms with van der Waals surface area (Å²) in [6.45, 7) is 1.46. The SMILES string of the molecule is CNC1[C@H]2CN(C(=O)O)C[C@@H]12. The van der Waals surface area contributed by atoms with Crippen molar-refractivity contribution in [3.8, 4) is 0 Å². The first-order chi connectivity index (χ1) is 5.24. The van der Waals surface area contributed by atoms with E-state index in [0.29, 0.717) is 17.9 Å². The molecular formula is C7H12N2O2. The van der Waals surface area contributed by atoms with Gasteiger partial charge in [-0.15, -0.1) is 0 Å². The standard InChI is InChI=1S/C7H12N2O2/c1-8-6-4-2-9(7(10)11)3-5(4)6/h4-6,8H,2-3H2,1H3,(H,10,11)/t4-,5+,6?. The maximum absolute atomic E-state index is 10.5. The predicted molar refractivity (Wildman–Crippen MR) is 39.4 cm³/mol. The molecule has 62 valence electrons. The molecule has 1 aliphatic heterocycles. The highest BCUT2D eigenvalue weighted by Gasteiger charge is 2.55. The molecular weight excluding hydrogens is 144 g/mol. The highest BCUT2D eigenvalue weighted by atomic mass is 16.4. The molecule has 0 aromatic carbocycles. The Kier molecular flexibility index (Phi) is 1.32. The maximum atomic E-state index is 10.5. The van der Waals surface area contributed by atoms with Crippen molar-refractivity contribution in [1.82, 2.24) is 10.2 Å². The maximum Gasteiger partial charge on any atom is 0.407 e. The van der Waals surface area contributed by atoms with Gasteiger partial charge in [-0.3, -0.25) is 0 Å². The van der Waals surface area contributed by atoms with Crippen molar-refractivity contribution in [1.29, 1.82) is 0 Å². The summed E-state index contributed by atoms with van der Waals surface area (Å²) < 4.78 is 0. The van der Waals surface area contributed by atoms with E-state index in [0.717, 1.165) is 13.1 Å². The third-order valence-corrected chi connectivity index (χ3v) is 2.80. The van der Waals surface area contributed by atoms with Crippen LogP contribution >= 0.6 is 0 Å². The summed E-state index contributed by atoms with van der Waals surface area (Å²) in [6.07, 6.45) is -0.771. The van der Waals surface area contributed by atoms with Crippen LogP contribution in [0.15, 0.2) is 0 Å². The first-order valence-electron chi connectivity index (χ1n) is 3.89. The lowest BCUT2D eigenvalue weighted by molar-refractivity contribution is 0.149. The van der Waals surface area contributed by atoms with Crippen LogP contribution in [0.4, 0.5) is 4.79 Å². The molecule has 4 heteroatoms. The number of amides is 1. The van der Waals surface area contributed by atoms with Gasteiger partial charge in [-0.25, -0.2) is 4.79 Å². The fraction of sp³-hybridized carbons (Fsp3) is 0.857. The molecule has 2 N–H and O–H groups in total.